The van der Waals surface area contributed by atoms with E-state index in [0.29, 0.717) is 24.9 Å². The van der Waals surface area contributed by atoms with E-state index in [1.165, 1.54) is 4.88 Å². The average Bonchev–Trinajstić information content (AvgIpc) is 3.28. The number of carbonyl (C=O) groups excluding carboxylic acids is 1. The van der Waals surface area contributed by atoms with Gasteiger partial charge in [-0.05, 0) is 29.5 Å². The third-order valence-corrected chi connectivity index (χ3v) is 5.73. The van der Waals surface area contributed by atoms with Crippen molar-refractivity contribution < 1.29 is 9.53 Å². The van der Waals surface area contributed by atoms with Crippen LogP contribution in [0.4, 0.5) is 5.69 Å². The maximum Gasteiger partial charge on any atom is 0.224 e. The normalized spacial score (nSPS) is 26.4. The summed E-state index contributed by atoms with van der Waals surface area (Å²) in [4.78, 5) is 20.2. The number of anilines is 1. The van der Waals surface area contributed by atoms with Crippen LogP contribution in [0.3, 0.4) is 0 Å². The first-order chi connectivity index (χ1) is 11.8. The highest BCUT2D eigenvalue weighted by molar-refractivity contribution is 7.09. The molecule has 0 saturated carbocycles. The first-order valence-corrected chi connectivity index (χ1v) is 9.22. The van der Waals surface area contributed by atoms with Gasteiger partial charge in [0, 0.05) is 43.0 Å². The van der Waals surface area contributed by atoms with Gasteiger partial charge in [-0.2, -0.15) is 0 Å². The van der Waals surface area contributed by atoms with Gasteiger partial charge in [-0.15, -0.1) is 11.3 Å². The van der Waals surface area contributed by atoms with Crippen molar-refractivity contribution in [1.29, 1.82) is 0 Å². The average molecular weight is 343 g/mol. The van der Waals surface area contributed by atoms with Crippen molar-refractivity contribution in [3.8, 4) is 0 Å². The van der Waals surface area contributed by atoms with Gasteiger partial charge in [0.15, 0.2) is 0 Å². The van der Waals surface area contributed by atoms with Gasteiger partial charge in [0.05, 0.1) is 24.6 Å². The smallest absolute Gasteiger partial charge is 0.224 e. The number of hydrogen-bond acceptors (Lipinski definition) is 5. The molecular weight excluding hydrogens is 322 g/mol. The lowest BCUT2D eigenvalue weighted by atomic mass is 9.90. The summed E-state index contributed by atoms with van der Waals surface area (Å²) in [6, 6.07) is 7.96. The molecule has 0 spiro atoms. The van der Waals surface area contributed by atoms with Gasteiger partial charge in [-0.1, -0.05) is 6.07 Å². The number of fused-ring (bicyclic) bond motifs is 1. The molecule has 6 heteroatoms. The maximum absolute atomic E-state index is 12.3. The minimum absolute atomic E-state index is 0.0500. The third kappa shape index (κ3) is 3.50. The molecule has 1 amide bonds. The van der Waals surface area contributed by atoms with Crippen LogP contribution in [0.1, 0.15) is 11.3 Å². The highest BCUT2D eigenvalue weighted by Gasteiger charge is 2.44. The number of rotatable bonds is 5. The summed E-state index contributed by atoms with van der Waals surface area (Å²) in [6.07, 6.45) is 4.17. The lowest BCUT2D eigenvalue weighted by molar-refractivity contribution is -0.117. The van der Waals surface area contributed by atoms with Crippen LogP contribution in [0.15, 0.2) is 42.0 Å². The Morgan fingerprint density at radius 3 is 3.12 bits per heavy atom. The molecule has 5 nitrogen and oxygen atoms in total. The monoisotopic (exact) mass is 343 g/mol. The van der Waals surface area contributed by atoms with E-state index in [-0.39, 0.29) is 12.0 Å². The van der Waals surface area contributed by atoms with Crippen LogP contribution in [-0.4, -0.2) is 41.6 Å². The third-order valence-electron chi connectivity index (χ3n) is 4.87. The number of carbonyl (C=O) groups is 1. The van der Waals surface area contributed by atoms with Gasteiger partial charge in [0.25, 0.3) is 0 Å². The molecule has 4 rings (SSSR count). The molecule has 0 aromatic carbocycles. The number of nitrogens with one attached hydrogen (secondary N) is 1. The zero-order valence-corrected chi connectivity index (χ0v) is 14.2. The van der Waals surface area contributed by atoms with E-state index in [1.807, 2.05) is 12.1 Å². The number of aromatic nitrogens is 1. The number of likely N-dealkylation sites (tertiary alicyclic amines) is 1. The summed E-state index contributed by atoms with van der Waals surface area (Å²) in [5.41, 5.74) is 0.753. The molecule has 2 aromatic heterocycles. The predicted molar refractivity (Wildman–Crippen MR) is 93.8 cm³/mol. The van der Waals surface area contributed by atoms with Crippen molar-refractivity contribution in [1.82, 2.24) is 9.88 Å². The van der Waals surface area contributed by atoms with Crippen molar-refractivity contribution in [2.24, 2.45) is 11.8 Å². The fourth-order valence-corrected chi connectivity index (χ4v) is 4.48. The SMILES string of the molecule is O=C(C[C@H]1CO[C@@H]2CN(Cc3cccs3)C[C@H]12)Nc1cccnc1. The molecule has 2 aliphatic rings. The summed E-state index contributed by atoms with van der Waals surface area (Å²) in [7, 11) is 0. The van der Waals surface area contributed by atoms with Gasteiger partial charge in [0.1, 0.15) is 0 Å². The van der Waals surface area contributed by atoms with E-state index in [9.17, 15) is 4.79 Å². The summed E-state index contributed by atoms with van der Waals surface area (Å²) in [5.74, 6) is 0.818. The van der Waals surface area contributed by atoms with Crippen LogP contribution in [0.5, 0.6) is 0 Å². The largest absolute Gasteiger partial charge is 0.376 e. The molecule has 2 aromatic rings. The Labute approximate surface area is 145 Å². The van der Waals surface area contributed by atoms with Crippen molar-refractivity contribution in [2.75, 3.05) is 25.0 Å². The molecule has 0 radical (unpaired) electrons. The Kier molecular flexibility index (Phi) is 4.60. The van der Waals surface area contributed by atoms with Gasteiger partial charge in [-0.3, -0.25) is 14.7 Å². The Balaban J connectivity index is 1.31. The molecule has 0 unspecified atom stereocenters. The van der Waals surface area contributed by atoms with Crippen LogP contribution >= 0.6 is 11.3 Å². The second kappa shape index (κ2) is 7.01. The van der Waals surface area contributed by atoms with E-state index in [2.05, 4.69) is 32.7 Å². The van der Waals surface area contributed by atoms with Crippen molar-refractivity contribution >= 4 is 22.9 Å². The highest BCUT2D eigenvalue weighted by atomic mass is 32.1. The maximum atomic E-state index is 12.3. The Morgan fingerprint density at radius 1 is 1.38 bits per heavy atom. The topological polar surface area (TPSA) is 54.5 Å². The molecule has 4 heterocycles. The minimum Gasteiger partial charge on any atom is -0.376 e. The van der Waals surface area contributed by atoms with E-state index >= 15 is 0 Å². The van der Waals surface area contributed by atoms with E-state index in [4.69, 9.17) is 4.74 Å². The van der Waals surface area contributed by atoms with Crippen LogP contribution in [0.2, 0.25) is 0 Å². The number of thiophene rings is 1. The van der Waals surface area contributed by atoms with Gasteiger partial charge >= 0.3 is 0 Å². The van der Waals surface area contributed by atoms with Crippen LogP contribution in [0, 0.1) is 11.8 Å². The Bertz CT molecular complexity index is 677. The molecule has 24 heavy (non-hydrogen) atoms. The number of pyridine rings is 1. The van der Waals surface area contributed by atoms with Crippen LogP contribution in [-0.2, 0) is 16.1 Å². The lowest BCUT2D eigenvalue weighted by Gasteiger charge is -2.18. The van der Waals surface area contributed by atoms with E-state index in [0.717, 1.165) is 25.3 Å². The van der Waals surface area contributed by atoms with Crippen LogP contribution < -0.4 is 5.32 Å². The van der Waals surface area contributed by atoms with Crippen molar-refractivity contribution in [3.05, 3.63) is 46.9 Å². The van der Waals surface area contributed by atoms with Crippen molar-refractivity contribution in [3.63, 3.8) is 0 Å². The summed E-state index contributed by atoms with van der Waals surface area (Å²) in [5, 5.41) is 5.05. The highest BCUT2D eigenvalue weighted by Crippen LogP contribution is 2.36. The number of ether oxygens (including phenoxy) is 1. The molecular formula is C18H21N3O2S. The van der Waals surface area contributed by atoms with Gasteiger partial charge in [-0.25, -0.2) is 0 Å². The fraction of sp³-hybridized carbons (Fsp3) is 0.444. The molecule has 3 atom stereocenters. The summed E-state index contributed by atoms with van der Waals surface area (Å²) < 4.78 is 5.96. The zero-order chi connectivity index (χ0) is 16.4. The molecule has 1 N–H and O–H groups in total. The Hall–Kier alpha value is -1.76. The number of amides is 1. The van der Waals surface area contributed by atoms with Gasteiger partial charge in [0.2, 0.25) is 5.91 Å². The molecule has 2 fully saturated rings. The molecule has 2 saturated heterocycles. The Morgan fingerprint density at radius 2 is 2.33 bits per heavy atom. The van der Waals surface area contributed by atoms with E-state index in [1.54, 1.807) is 23.7 Å². The first-order valence-electron chi connectivity index (χ1n) is 8.34. The van der Waals surface area contributed by atoms with E-state index < -0.39 is 0 Å². The molecule has 2 aliphatic heterocycles. The lowest BCUT2D eigenvalue weighted by Crippen LogP contribution is -2.26. The van der Waals surface area contributed by atoms with Crippen LogP contribution in [0.25, 0.3) is 0 Å². The first kappa shape index (κ1) is 15.7. The zero-order valence-electron chi connectivity index (χ0n) is 13.4. The second-order valence-corrected chi connectivity index (χ2v) is 7.60. The number of nitrogens with zero attached hydrogens (tertiary/aromatic N) is 2. The molecule has 0 aliphatic carbocycles. The van der Waals surface area contributed by atoms with Crippen molar-refractivity contribution in [2.45, 2.75) is 19.1 Å². The number of hydrogen-bond donors (Lipinski definition) is 1. The summed E-state index contributed by atoms with van der Waals surface area (Å²) in [6.45, 7) is 3.68. The van der Waals surface area contributed by atoms with Gasteiger partial charge < -0.3 is 10.1 Å². The molecule has 126 valence electrons. The quantitative estimate of drug-likeness (QED) is 0.907. The fourth-order valence-electron chi connectivity index (χ4n) is 3.73. The molecule has 0 bridgehead atoms. The standard InChI is InChI=1S/C18H21N3O2S/c22-18(20-14-3-1-5-19-8-14)7-13-12-23-17-11-21(10-16(13)17)9-15-4-2-6-24-15/h1-6,8,13,16-17H,7,9-12H2,(H,20,22)/t13-,16+,17+/m0/s1. The second-order valence-electron chi connectivity index (χ2n) is 6.56. The predicted octanol–water partition coefficient (Wildman–Crippen LogP) is 2.62. The minimum atomic E-state index is 0.0500. The summed E-state index contributed by atoms with van der Waals surface area (Å²) >= 11 is 1.80.